The Balaban J connectivity index is 1.45. The van der Waals surface area contributed by atoms with Crippen LogP contribution < -0.4 is 10.2 Å². The zero-order valence-corrected chi connectivity index (χ0v) is 22.0. The molecular formula is C28H28ClN5O5. The van der Waals surface area contributed by atoms with E-state index in [1.807, 2.05) is 30.4 Å². The topological polar surface area (TPSA) is 128 Å². The predicted molar refractivity (Wildman–Crippen MR) is 147 cm³/mol. The standard InChI is InChI=1S/C28H28ClN5O5/c1-33(27(36)37)19-10-11-20-21(15-19)31-25(35)9-4-2-3-8-23(26-30-16-22(20)32-26)34-13-12-24(39-28(34)38)17-6-5-7-18(29)14-17/h2-3,5-7,10-11,14-16,23-24H,4,8-9,12-13H2,1H3,(H,30,32)(H,31,35)(H,36,37)/t23-,24+/m0/s1. The van der Waals surface area contributed by atoms with Crippen LogP contribution in [-0.4, -0.2) is 51.7 Å². The molecule has 202 valence electrons. The van der Waals surface area contributed by atoms with Crippen LogP contribution in [0, 0.1) is 0 Å². The first-order valence-electron chi connectivity index (χ1n) is 12.6. The van der Waals surface area contributed by atoms with E-state index in [1.165, 1.54) is 7.05 Å². The number of allylic oxidation sites excluding steroid dienone is 1. The second-order valence-corrected chi connectivity index (χ2v) is 9.90. The summed E-state index contributed by atoms with van der Waals surface area (Å²) in [6.45, 7) is 0.464. The minimum absolute atomic E-state index is 0.200. The highest BCUT2D eigenvalue weighted by Crippen LogP contribution is 2.36. The molecule has 1 aromatic heterocycles. The molecular weight excluding hydrogens is 522 g/mol. The number of carboxylic acid groups (broad SMARTS) is 1. The summed E-state index contributed by atoms with van der Waals surface area (Å²) < 4.78 is 5.81. The van der Waals surface area contributed by atoms with E-state index in [4.69, 9.17) is 21.3 Å². The lowest BCUT2D eigenvalue weighted by Gasteiger charge is -2.36. The lowest BCUT2D eigenvalue weighted by atomic mass is 10.0. The number of halogens is 1. The monoisotopic (exact) mass is 549 g/mol. The Hall–Kier alpha value is -4.31. The molecule has 3 aromatic rings. The van der Waals surface area contributed by atoms with Crippen molar-refractivity contribution in [1.82, 2.24) is 14.9 Å². The van der Waals surface area contributed by atoms with Crippen molar-refractivity contribution in [3.8, 4) is 11.3 Å². The third kappa shape index (κ3) is 5.75. The largest absolute Gasteiger partial charge is 0.465 e. The average Bonchev–Trinajstić information content (AvgIpc) is 3.40. The van der Waals surface area contributed by atoms with Crippen LogP contribution in [0.15, 0.2) is 60.8 Å². The van der Waals surface area contributed by atoms with Gasteiger partial charge in [0.25, 0.3) is 0 Å². The zero-order valence-electron chi connectivity index (χ0n) is 21.3. The molecule has 5 rings (SSSR count). The maximum absolute atomic E-state index is 13.2. The van der Waals surface area contributed by atoms with Crippen LogP contribution >= 0.6 is 11.6 Å². The number of carbonyl (C=O) groups is 3. The summed E-state index contributed by atoms with van der Waals surface area (Å²) >= 11 is 6.13. The zero-order chi connectivity index (χ0) is 27.5. The normalized spacial score (nSPS) is 19.6. The van der Waals surface area contributed by atoms with E-state index < -0.39 is 18.2 Å². The van der Waals surface area contributed by atoms with Gasteiger partial charge in [-0.25, -0.2) is 14.6 Å². The number of cyclic esters (lactones) is 1. The van der Waals surface area contributed by atoms with Gasteiger partial charge in [0, 0.05) is 48.9 Å². The smallest absolute Gasteiger partial charge is 0.411 e. The Morgan fingerprint density at radius 3 is 2.82 bits per heavy atom. The molecule has 2 aliphatic heterocycles. The molecule has 3 amide bonds. The lowest BCUT2D eigenvalue weighted by Crippen LogP contribution is -2.41. The molecule has 3 N–H and O–H groups in total. The van der Waals surface area contributed by atoms with Crippen LogP contribution in [0.3, 0.4) is 0 Å². The Morgan fingerprint density at radius 2 is 2.05 bits per heavy atom. The van der Waals surface area contributed by atoms with Crippen molar-refractivity contribution in [3.63, 3.8) is 0 Å². The Morgan fingerprint density at radius 1 is 1.21 bits per heavy atom. The number of hydrogen-bond acceptors (Lipinski definition) is 5. The molecule has 39 heavy (non-hydrogen) atoms. The SMILES string of the molecule is CN(C(=O)O)c1ccc2c(c1)NC(=O)CCC=CC[C@H](N1CC[C@H](c3cccc(Cl)c3)OC1=O)c1nc-2c[nH]1. The van der Waals surface area contributed by atoms with Crippen LogP contribution in [0.4, 0.5) is 21.0 Å². The van der Waals surface area contributed by atoms with Gasteiger partial charge in [0.05, 0.1) is 17.4 Å². The number of benzene rings is 2. The van der Waals surface area contributed by atoms with Crippen molar-refractivity contribution >= 4 is 41.1 Å². The van der Waals surface area contributed by atoms with Crippen molar-refractivity contribution in [2.75, 3.05) is 23.8 Å². The lowest BCUT2D eigenvalue weighted by molar-refractivity contribution is -0.116. The highest BCUT2D eigenvalue weighted by Gasteiger charge is 2.35. The number of H-pyrrole nitrogens is 1. The molecule has 10 nitrogen and oxygen atoms in total. The molecule has 0 saturated carbocycles. The van der Waals surface area contributed by atoms with E-state index in [9.17, 15) is 19.5 Å². The summed E-state index contributed by atoms with van der Waals surface area (Å²) in [6.07, 6.45) is 5.47. The number of anilines is 2. The molecule has 2 aromatic carbocycles. The van der Waals surface area contributed by atoms with Crippen LogP contribution in [0.5, 0.6) is 0 Å². The molecule has 0 unspecified atom stereocenters. The van der Waals surface area contributed by atoms with E-state index in [2.05, 4.69) is 10.3 Å². The molecule has 0 spiro atoms. The van der Waals surface area contributed by atoms with Gasteiger partial charge in [0.2, 0.25) is 5.91 Å². The molecule has 1 fully saturated rings. The van der Waals surface area contributed by atoms with Crippen molar-refractivity contribution in [2.45, 2.75) is 37.8 Å². The van der Waals surface area contributed by atoms with E-state index >= 15 is 0 Å². The molecule has 2 atom stereocenters. The molecule has 0 aliphatic carbocycles. The number of rotatable bonds is 3. The van der Waals surface area contributed by atoms with Gasteiger partial charge in [-0.2, -0.15) is 0 Å². The van der Waals surface area contributed by atoms with Gasteiger partial charge in [-0.15, -0.1) is 0 Å². The number of imidazole rings is 1. The van der Waals surface area contributed by atoms with Crippen molar-refractivity contribution < 1.29 is 24.2 Å². The number of carbonyl (C=O) groups excluding carboxylic acids is 2. The highest BCUT2D eigenvalue weighted by molar-refractivity contribution is 6.30. The number of fused-ring (bicyclic) bond motifs is 4. The molecule has 3 heterocycles. The first-order valence-corrected chi connectivity index (χ1v) is 13.0. The van der Waals surface area contributed by atoms with Gasteiger partial charge < -0.3 is 20.1 Å². The number of hydrogen-bond donors (Lipinski definition) is 3. The van der Waals surface area contributed by atoms with E-state index in [0.717, 1.165) is 10.5 Å². The summed E-state index contributed by atoms with van der Waals surface area (Å²) in [6, 6.07) is 11.9. The summed E-state index contributed by atoms with van der Waals surface area (Å²) in [5.74, 6) is 0.380. The van der Waals surface area contributed by atoms with Crippen LogP contribution in [0.2, 0.25) is 5.02 Å². The third-order valence-electron chi connectivity index (χ3n) is 6.91. The number of nitrogens with zero attached hydrogens (tertiary/aromatic N) is 3. The predicted octanol–water partition coefficient (Wildman–Crippen LogP) is 6.15. The second-order valence-electron chi connectivity index (χ2n) is 9.46. The Labute approximate surface area is 230 Å². The number of nitrogens with one attached hydrogen (secondary N) is 2. The average molecular weight is 550 g/mol. The minimum Gasteiger partial charge on any atom is -0.465 e. The summed E-state index contributed by atoms with van der Waals surface area (Å²) in [4.78, 5) is 48.1. The van der Waals surface area contributed by atoms with Crippen molar-refractivity contribution in [3.05, 3.63) is 77.2 Å². The maximum Gasteiger partial charge on any atom is 0.411 e. The maximum atomic E-state index is 13.2. The number of amides is 3. The number of aromatic amines is 1. The molecule has 1 saturated heterocycles. The van der Waals surface area contributed by atoms with Gasteiger partial charge in [0.1, 0.15) is 11.9 Å². The van der Waals surface area contributed by atoms with Crippen LogP contribution in [0.1, 0.15) is 49.2 Å². The molecule has 11 heteroatoms. The van der Waals surface area contributed by atoms with Gasteiger partial charge in [-0.3, -0.25) is 14.6 Å². The summed E-state index contributed by atoms with van der Waals surface area (Å²) in [5, 5.41) is 12.9. The first-order chi connectivity index (χ1) is 18.8. The van der Waals surface area contributed by atoms with Crippen molar-refractivity contribution in [2.24, 2.45) is 0 Å². The molecule has 2 aliphatic rings. The number of aromatic nitrogens is 2. The molecule has 0 radical (unpaired) electrons. The first kappa shape index (κ1) is 26.3. The van der Waals surface area contributed by atoms with E-state index in [-0.39, 0.29) is 18.4 Å². The van der Waals surface area contributed by atoms with Crippen molar-refractivity contribution in [1.29, 1.82) is 0 Å². The quantitative estimate of drug-likeness (QED) is 0.336. The van der Waals surface area contributed by atoms with E-state index in [0.29, 0.717) is 59.3 Å². The fraction of sp³-hybridized carbons (Fsp3) is 0.286. The fourth-order valence-electron chi connectivity index (χ4n) is 4.80. The third-order valence-corrected chi connectivity index (χ3v) is 7.15. The minimum atomic E-state index is -1.12. The molecule has 2 bridgehead atoms. The van der Waals surface area contributed by atoms with Gasteiger partial charge in [-0.05, 0) is 48.7 Å². The van der Waals surface area contributed by atoms with E-state index in [1.54, 1.807) is 35.4 Å². The Kier molecular flexibility index (Phi) is 7.56. The van der Waals surface area contributed by atoms with Crippen LogP contribution in [0.25, 0.3) is 11.3 Å². The summed E-state index contributed by atoms with van der Waals surface area (Å²) in [5.41, 5.74) is 2.89. The van der Waals surface area contributed by atoms with Gasteiger partial charge in [-0.1, -0.05) is 35.9 Å². The fourth-order valence-corrected chi connectivity index (χ4v) is 5.00. The van der Waals surface area contributed by atoms with Crippen LogP contribution in [-0.2, 0) is 9.53 Å². The second kappa shape index (κ2) is 11.2. The van der Waals surface area contributed by atoms with Gasteiger partial charge in [0.15, 0.2) is 0 Å². The summed E-state index contributed by atoms with van der Waals surface area (Å²) in [7, 11) is 1.43. The van der Waals surface area contributed by atoms with Gasteiger partial charge >= 0.3 is 12.2 Å². The Bertz CT molecular complexity index is 1440. The highest BCUT2D eigenvalue weighted by atomic mass is 35.5. The number of ether oxygens (including phenoxy) is 1.